The van der Waals surface area contributed by atoms with E-state index in [0.717, 1.165) is 61.9 Å². The van der Waals surface area contributed by atoms with Gasteiger partial charge < -0.3 is 24.8 Å². The lowest BCUT2D eigenvalue weighted by Gasteiger charge is -2.43. The van der Waals surface area contributed by atoms with Crippen LogP contribution in [-0.2, 0) is 26.1 Å². The maximum absolute atomic E-state index is 14.1. The fourth-order valence-electron chi connectivity index (χ4n) is 6.50. The van der Waals surface area contributed by atoms with Gasteiger partial charge in [-0.15, -0.1) is 0 Å². The van der Waals surface area contributed by atoms with Gasteiger partial charge in [0.1, 0.15) is 11.9 Å². The van der Waals surface area contributed by atoms with Crippen LogP contribution in [0.15, 0.2) is 30.3 Å². The molecule has 0 spiro atoms. The molecule has 2 fully saturated rings. The summed E-state index contributed by atoms with van der Waals surface area (Å²) in [6.45, 7) is 14.4. The number of hydrogen-bond donors (Lipinski definition) is 2. The fourth-order valence-corrected chi connectivity index (χ4v) is 6.50. The van der Waals surface area contributed by atoms with E-state index in [9.17, 15) is 14.3 Å². The highest BCUT2D eigenvalue weighted by Gasteiger charge is 2.42. The second-order valence-corrected chi connectivity index (χ2v) is 12.9. The Morgan fingerprint density at radius 3 is 2.74 bits per heavy atom. The molecular weight excluding hydrogens is 537 g/mol. The first-order valence-electron chi connectivity index (χ1n) is 15.1. The van der Waals surface area contributed by atoms with Crippen molar-refractivity contribution in [3.8, 4) is 0 Å². The van der Waals surface area contributed by atoms with E-state index in [4.69, 9.17) is 14.5 Å². The maximum atomic E-state index is 14.1. The zero-order chi connectivity index (χ0) is 30.0. The van der Waals surface area contributed by atoms with E-state index in [2.05, 4.69) is 42.8 Å². The lowest BCUT2D eigenvalue weighted by molar-refractivity contribution is -0.121. The highest BCUT2D eigenvalue weighted by molar-refractivity contribution is 5.97. The lowest BCUT2D eigenvalue weighted by Crippen LogP contribution is -2.62. The monoisotopic (exact) mass is 583 g/mol. The van der Waals surface area contributed by atoms with Gasteiger partial charge in [0.25, 0.3) is 0 Å². The Bertz CT molecular complexity index is 1240. The number of pyridine rings is 1. The van der Waals surface area contributed by atoms with Crippen LogP contribution in [0.4, 0.5) is 10.1 Å². The first-order valence-corrected chi connectivity index (χ1v) is 15.1. The number of methoxy groups -OCH3 is 1. The molecule has 1 aromatic carbocycles. The molecule has 4 atom stereocenters. The predicted octanol–water partition coefficient (Wildman–Crippen LogP) is 2.50. The number of nitrogens with one attached hydrogen (secondary N) is 1. The molecule has 2 aromatic rings. The number of benzene rings is 1. The lowest BCUT2D eigenvalue weighted by atomic mass is 9.90. The topological polar surface area (TPSA) is 90.4 Å². The number of hydrogen-bond acceptors (Lipinski definition) is 8. The Balaban J connectivity index is 1.42. The Morgan fingerprint density at radius 2 is 2.02 bits per heavy atom. The van der Waals surface area contributed by atoms with E-state index < -0.39 is 6.10 Å². The average molecular weight is 584 g/mol. The second-order valence-electron chi connectivity index (χ2n) is 12.9. The van der Waals surface area contributed by atoms with E-state index in [1.165, 1.54) is 12.1 Å². The van der Waals surface area contributed by atoms with Crippen LogP contribution in [0.3, 0.4) is 0 Å². The standard InChI is InChI=1S/C32H46FN5O4/c1-21-15-37(26(14-34-21)16-36-10-11-42-18-22(36)2)17-29(40)38-20-32(3,4)31-27(38)13-24(30(35-31)28(39)19-41-5)12-23-6-8-25(33)9-7-23/h6-9,13,21-22,26,28,34,39H,10-12,14-20H2,1-5H3/t21-,22-,26-,28-/m1/s1. The van der Waals surface area contributed by atoms with Gasteiger partial charge in [0.05, 0.1) is 43.4 Å². The molecule has 3 aliphatic heterocycles. The number of fused-ring (bicyclic) bond motifs is 1. The van der Waals surface area contributed by atoms with Gasteiger partial charge in [-0.2, -0.15) is 0 Å². The normalized spacial score (nSPS) is 25.4. The summed E-state index contributed by atoms with van der Waals surface area (Å²) in [4.78, 5) is 25.8. The average Bonchev–Trinajstić information content (AvgIpc) is 3.22. The molecule has 0 bridgehead atoms. The van der Waals surface area contributed by atoms with E-state index >= 15 is 0 Å². The van der Waals surface area contributed by atoms with Crippen LogP contribution in [0.25, 0.3) is 0 Å². The Morgan fingerprint density at radius 1 is 1.26 bits per heavy atom. The second kappa shape index (κ2) is 13.0. The highest BCUT2D eigenvalue weighted by Crippen LogP contribution is 2.41. The zero-order valence-electron chi connectivity index (χ0n) is 25.6. The summed E-state index contributed by atoms with van der Waals surface area (Å²) in [5.41, 5.74) is 3.44. The molecule has 9 nitrogen and oxygen atoms in total. The third kappa shape index (κ3) is 6.85. The molecular formula is C32H46FN5O4. The molecule has 0 saturated carbocycles. The summed E-state index contributed by atoms with van der Waals surface area (Å²) < 4.78 is 24.5. The van der Waals surface area contributed by atoms with Crippen LogP contribution in [0.1, 0.15) is 56.3 Å². The number of piperazine rings is 1. The Labute approximate surface area is 249 Å². The van der Waals surface area contributed by atoms with Gasteiger partial charge in [0.15, 0.2) is 0 Å². The van der Waals surface area contributed by atoms with Crippen LogP contribution >= 0.6 is 0 Å². The molecule has 0 aliphatic carbocycles. The fraction of sp³-hybridized carbons (Fsp3) is 0.625. The number of carbonyl (C=O) groups excluding carboxylic acids is 1. The van der Waals surface area contributed by atoms with Crippen molar-refractivity contribution in [3.63, 3.8) is 0 Å². The summed E-state index contributed by atoms with van der Waals surface area (Å²) in [7, 11) is 1.55. The number of halogens is 1. The van der Waals surface area contributed by atoms with Gasteiger partial charge in [-0.3, -0.25) is 19.6 Å². The SMILES string of the molecule is COC[C@@H](O)c1nc2c(cc1Cc1ccc(F)cc1)N(C(=O)CN1C[C@@H](C)NC[C@@H]1CN1CCOC[C@H]1C)CC2(C)C. The predicted molar refractivity (Wildman–Crippen MR) is 160 cm³/mol. The van der Waals surface area contributed by atoms with Crippen molar-refractivity contribution in [2.75, 3.05) is 71.1 Å². The number of aliphatic hydroxyl groups excluding tert-OH is 1. The molecule has 4 heterocycles. The van der Waals surface area contributed by atoms with Crippen molar-refractivity contribution in [2.45, 2.75) is 63.8 Å². The number of rotatable bonds is 9. The van der Waals surface area contributed by atoms with Crippen LogP contribution < -0.4 is 10.2 Å². The number of ether oxygens (including phenoxy) is 2. The summed E-state index contributed by atoms with van der Waals surface area (Å²) in [6.07, 6.45) is -0.462. The summed E-state index contributed by atoms with van der Waals surface area (Å²) in [5, 5.41) is 14.6. The van der Waals surface area contributed by atoms with E-state index in [1.807, 2.05) is 11.0 Å². The van der Waals surface area contributed by atoms with Crippen molar-refractivity contribution in [2.24, 2.45) is 0 Å². The minimum Gasteiger partial charge on any atom is -0.384 e. The number of carbonyl (C=O) groups is 1. The summed E-state index contributed by atoms with van der Waals surface area (Å²) >= 11 is 0. The third-order valence-corrected chi connectivity index (χ3v) is 8.86. The largest absolute Gasteiger partial charge is 0.384 e. The van der Waals surface area contributed by atoms with Crippen LogP contribution in [-0.4, -0.2) is 110 Å². The molecule has 2 N–H and O–H groups in total. The first kappa shape index (κ1) is 31.0. The summed E-state index contributed by atoms with van der Waals surface area (Å²) in [5.74, 6) is -0.247. The minimum absolute atomic E-state index is 0.0515. The van der Waals surface area contributed by atoms with Crippen LogP contribution in [0.5, 0.6) is 0 Å². The Hall–Kier alpha value is -2.47. The smallest absolute Gasteiger partial charge is 0.241 e. The van der Waals surface area contributed by atoms with E-state index in [0.29, 0.717) is 37.3 Å². The number of nitrogens with zero attached hydrogens (tertiary/aromatic N) is 4. The number of amides is 1. The van der Waals surface area contributed by atoms with Crippen molar-refractivity contribution in [1.82, 2.24) is 20.1 Å². The molecule has 0 radical (unpaired) electrons. The molecule has 1 aromatic heterocycles. The van der Waals surface area contributed by atoms with Gasteiger partial charge >= 0.3 is 0 Å². The number of aliphatic hydroxyl groups is 1. The van der Waals surface area contributed by atoms with Crippen LogP contribution in [0, 0.1) is 5.82 Å². The molecule has 1 amide bonds. The summed E-state index contributed by atoms with van der Waals surface area (Å²) in [6, 6.07) is 9.22. The van der Waals surface area contributed by atoms with Crippen molar-refractivity contribution in [3.05, 3.63) is 58.7 Å². The van der Waals surface area contributed by atoms with E-state index in [-0.39, 0.29) is 29.8 Å². The van der Waals surface area contributed by atoms with Gasteiger partial charge in [0.2, 0.25) is 5.91 Å². The van der Waals surface area contributed by atoms with Crippen molar-refractivity contribution >= 4 is 11.6 Å². The molecule has 230 valence electrons. The molecule has 3 aliphatic rings. The zero-order valence-corrected chi connectivity index (χ0v) is 25.6. The Kier molecular flexibility index (Phi) is 9.61. The van der Waals surface area contributed by atoms with Crippen molar-refractivity contribution < 1.29 is 23.8 Å². The molecule has 0 unspecified atom stereocenters. The highest BCUT2D eigenvalue weighted by atomic mass is 19.1. The number of morpholine rings is 1. The van der Waals surface area contributed by atoms with Crippen molar-refractivity contribution in [1.29, 1.82) is 0 Å². The van der Waals surface area contributed by atoms with E-state index in [1.54, 1.807) is 19.2 Å². The van der Waals surface area contributed by atoms with Crippen LogP contribution in [0.2, 0.25) is 0 Å². The molecule has 5 rings (SSSR count). The van der Waals surface area contributed by atoms with Gasteiger partial charge in [-0.25, -0.2) is 4.39 Å². The quantitative estimate of drug-likeness (QED) is 0.466. The van der Waals surface area contributed by atoms with Gasteiger partial charge in [0, 0.05) is 63.4 Å². The third-order valence-electron chi connectivity index (χ3n) is 8.86. The molecule has 2 saturated heterocycles. The number of aromatic nitrogens is 1. The first-order chi connectivity index (χ1) is 20.1. The molecule has 10 heteroatoms. The van der Waals surface area contributed by atoms with Gasteiger partial charge in [-0.1, -0.05) is 26.0 Å². The van der Waals surface area contributed by atoms with Gasteiger partial charge in [-0.05, 0) is 49.6 Å². The maximum Gasteiger partial charge on any atom is 0.241 e. The minimum atomic E-state index is -0.915. The molecule has 42 heavy (non-hydrogen) atoms. The number of anilines is 1.